The second-order valence-electron chi connectivity index (χ2n) is 8.25. The molecule has 0 amide bonds. The summed E-state index contributed by atoms with van der Waals surface area (Å²) in [4.78, 5) is 15.7. The van der Waals surface area contributed by atoms with Crippen LogP contribution in [0.15, 0.2) is 41.2 Å². The first-order chi connectivity index (χ1) is 13.7. The summed E-state index contributed by atoms with van der Waals surface area (Å²) < 4.78 is 4.78. The van der Waals surface area contributed by atoms with Gasteiger partial charge in [-0.15, -0.1) is 11.3 Å². The Bertz CT molecular complexity index is 1140. The molecule has 0 radical (unpaired) electrons. The Balaban J connectivity index is 1.53. The molecule has 0 spiro atoms. The molecule has 2 aromatic carbocycles. The van der Waals surface area contributed by atoms with Gasteiger partial charge in [0.2, 0.25) is 5.84 Å². The van der Waals surface area contributed by atoms with E-state index in [0.717, 1.165) is 38.8 Å². The third-order valence-electron chi connectivity index (χ3n) is 6.18. The van der Waals surface area contributed by atoms with Gasteiger partial charge in [-0.3, -0.25) is 14.3 Å². The quantitative estimate of drug-likeness (QED) is 0.457. The first kappa shape index (κ1) is 17.9. The maximum atomic E-state index is 13.1. The van der Waals surface area contributed by atoms with Crippen molar-refractivity contribution in [1.82, 2.24) is 4.90 Å². The monoisotopic (exact) mass is 391 g/mol. The van der Waals surface area contributed by atoms with Crippen molar-refractivity contribution in [2.75, 3.05) is 19.6 Å². The van der Waals surface area contributed by atoms with Gasteiger partial charge < -0.3 is 0 Å². The van der Waals surface area contributed by atoms with Gasteiger partial charge in [-0.2, -0.15) is 0 Å². The second-order valence-corrected chi connectivity index (χ2v) is 9.33. The summed E-state index contributed by atoms with van der Waals surface area (Å²) in [6.07, 6.45) is 6.40. The van der Waals surface area contributed by atoms with Gasteiger partial charge in [-0.25, -0.2) is 0 Å². The summed E-state index contributed by atoms with van der Waals surface area (Å²) in [5.41, 5.74) is 2.57. The predicted molar refractivity (Wildman–Crippen MR) is 119 cm³/mol. The maximum Gasteiger partial charge on any atom is 0.247 e. The van der Waals surface area contributed by atoms with Crippen LogP contribution in [0.3, 0.4) is 0 Å². The van der Waals surface area contributed by atoms with Gasteiger partial charge in [0.15, 0.2) is 5.43 Å². The van der Waals surface area contributed by atoms with E-state index in [1.165, 1.54) is 56.6 Å². The lowest BCUT2D eigenvalue weighted by Crippen LogP contribution is -2.43. The highest BCUT2D eigenvalue weighted by Gasteiger charge is 2.28. The number of amidine groups is 1. The molecule has 2 aliphatic rings. The van der Waals surface area contributed by atoms with Crippen LogP contribution in [0.1, 0.15) is 43.2 Å². The Morgan fingerprint density at radius 3 is 2.64 bits per heavy atom. The third-order valence-corrected chi connectivity index (χ3v) is 7.33. The van der Waals surface area contributed by atoms with E-state index in [1.54, 1.807) is 11.3 Å². The molecule has 3 nitrogen and oxygen atoms in total. The van der Waals surface area contributed by atoms with E-state index in [2.05, 4.69) is 46.7 Å². The molecule has 0 aliphatic carbocycles. The van der Waals surface area contributed by atoms with E-state index in [-0.39, 0.29) is 5.43 Å². The molecule has 1 aromatic heterocycles. The van der Waals surface area contributed by atoms with Crippen molar-refractivity contribution in [3.8, 4) is 0 Å². The Morgan fingerprint density at radius 1 is 0.964 bits per heavy atom. The minimum absolute atomic E-state index is 0.177. The van der Waals surface area contributed by atoms with Gasteiger partial charge in [0.1, 0.15) is 6.54 Å². The normalized spacial score (nSPS) is 17.8. The SMILES string of the molecule is Cc1ccc2sc3ccc(CN4CCC[N+]5=C4CCCCC5)cc3c(=O)c2c1. The Morgan fingerprint density at radius 2 is 1.75 bits per heavy atom. The largest absolute Gasteiger partial charge is 0.289 e. The predicted octanol–water partition coefficient (Wildman–Crippen LogP) is 4.91. The molecule has 3 heterocycles. The van der Waals surface area contributed by atoms with Crippen LogP contribution >= 0.6 is 11.3 Å². The zero-order valence-corrected chi connectivity index (χ0v) is 17.4. The molecule has 0 saturated heterocycles. The highest BCUT2D eigenvalue weighted by Crippen LogP contribution is 2.27. The fourth-order valence-corrected chi connectivity index (χ4v) is 5.77. The first-order valence-electron chi connectivity index (χ1n) is 10.5. The van der Waals surface area contributed by atoms with Crippen molar-refractivity contribution in [1.29, 1.82) is 0 Å². The molecule has 0 saturated carbocycles. The van der Waals surface area contributed by atoms with E-state index in [9.17, 15) is 4.79 Å². The van der Waals surface area contributed by atoms with Crippen LogP contribution in [-0.4, -0.2) is 34.9 Å². The number of aryl methyl sites for hydroxylation is 1. The first-order valence-corrected chi connectivity index (χ1v) is 11.3. The molecule has 28 heavy (non-hydrogen) atoms. The minimum Gasteiger partial charge on any atom is -0.289 e. The summed E-state index contributed by atoms with van der Waals surface area (Å²) in [5, 5.41) is 1.73. The average molecular weight is 392 g/mol. The average Bonchev–Trinajstić information content (AvgIpc) is 2.96. The van der Waals surface area contributed by atoms with Crippen molar-refractivity contribution in [3.63, 3.8) is 0 Å². The van der Waals surface area contributed by atoms with Crippen molar-refractivity contribution in [2.45, 2.75) is 45.6 Å². The number of rotatable bonds is 2. The number of hydrogen-bond donors (Lipinski definition) is 0. The molecule has 0 bridgehead atoms. The Hall–Kier alpha value is -2.20. The van der Waals surface area contributed by atoms with Crippen LogP contribution in [0, 0.1) is 6.92 Å². The van der Waals surface area contributed by atoms with Crippen LogP contribution in [0.4, 0.5) is 0 Å². The molecular weight excluding hydrogens is 364 g/mol. The summed E-state index contributed by atoms with van der Waals surface area (Å²) in [6.45, 7) is 6.52. The lowest BCUT2D eigenvalue weighted by molar-refractivity contribution is -0.539. The van der Waals surface area contributed by atoms with Gasteiger partial charge in [-0.1, -0.05) is 17.7 Å². The van der Waals surface area contributed by atoms with Gasteiger partial charge in [-0.05, 0) is 56.0 Å². The fourth-order valence-electron chi connectivity index (χ4n) is 4.74. The van der Waals surface area contributed by atoms with Crippen molar-refractivity contribution in [2.24, 2.45) is 0 Å². The standard InChI is InChI=1S/C24H27N2OS/c1-17-7-9-21-19(14-17)24(27)20-15-18(8-10-22(20)28-21)16-26-13-5-12-25-11-4-2-3-6-23(25)26/h7-10,14-15H,2-6,11-13,16H2,1H3/q+1. The summed E-state index contributed by atoms with van der Waals surface area (Å²) in [7, 11) is 0. The molecule has 5 rings (SSSR count). The lowest BCUT2D eigenvalue weighted by atomic mass is 10.1. The zero-order valence-electron chi connectivity index (χ0n) is 16.5. The van der Waals surface area contributed by atoms with E-state index in [4.69, 9.17) is 0 Å². The number of fused-ring (bicyclic) bond motifs is 2. The van der Waals surface area contributed by atoms with Crippen LogP contribution in [0.25, 0.3) is 20.2 Å². The molecule has 0 unspecified atom stereocenters. The summed E-state index contributed by atoms with van der Waals surface area (Å²) in [5.74, 6) is 1.53. The maximum absolute atomic E-state index is 13.1. The van der Waals surface area contributed by atoms with Crippen LogP contribution in [0.2, 0.25) is 0 Å². The highest BCUT2D eigenvalue weighted by molar-refractivity contribution is 7.24. The van der Waals surface area contributed by atoms with E-state index >= 15 is 0 Å². The molecule has 0 fully saturated rings. The number of hydrogen-bond acceptors (Lipinski definition) is 3. The van der Waals surface area contributed by atoms with Gasteiger partial charge >= 0.3 is 0 Å². The van der Waals surface area contributed by atoms with Crippen molar-refractivity contribution < 1.29 is 4.58 Å². The van der Waals surface area contributed by atoms with Crippen molar-refractivity contribution >= 4 is 37.3 Å². The molecule has 144 valence electrons. The number of benzene rings is 2. The fraction of sp³-hybridized carbons (Fsp3) is 0.417. The van der Waals surface area contributed by atoms with Crippen LogP contribution < -0.4 is 5.43 Å². The summed E-state index contributed by atoms with van der Waals surface area (Å²) >= 11 is 1.72. The minimum atomic E-state index is 0.177. The topological polar surface area (TPSA) is 23.3 Å². The molecule has 3 aromatic rings. The Kier molecular flexibility index (Phi) is 4.67. The van der Waals surface area contributed by atoms with Crippen molar-refractivity contribution in [3.05, 3.63) is 57.7 Å². The molecule has 0 atom stereocenters. The molecular formula is C24H27N2OS+. The van der Waals surface area contributed by atoms with E-state index < -0.39 is 0 Å². The molecule has 2 aliphatic heterocycles. The van der Waals surface area contributed by atoms with Gasteiger partial charge in [0, 0.05) is 33.0 Å². The highest BCUT2D eigenvalue weighted by atomic mass is 32.1. The summed E-state index contributed by atoms with van der Waals surface area (Å²) in [6, 6.07) is 12.7. The lowest BCUT2D eigenvalue weighted by Gasteiger charge is -2.26. The zero-order chi connectivity index (χ0) is 19.1. The smallest absolute Gasteiger partial charge is 0.247 e. The van der Waals surface area contributed by atoms with Gasteiger partial charge in [0.05, 0.1) is 19.6 Å². The molecule has 4 heteroatoms. The van der Waals surface area contributed by atoms with E-state index in [0.29, 0.717) is 0 Å². The molecule has 0 N–H and O–H groups in total. The third kappa shape index (κ3) is 3.24. The van der Waals surface area contributed by atoms with Crippen LogP contribution in [0.5, 0.6) is 0 Å². The van der Waals surface area contributed by atoms with E-state index in [1.807, 2.05) is 6.07 Å². The Labute approximate surface area is 169 Å². The number of nitrogens with zero attached hydrogens (tertiary/aromatic N) is 2. The van der Waals surface area contributed by atoms with Crippen LogP contribution in [-0.2, 0) is 6.54 Å². The van der Waals surface area contributed by atoms with Gasteiger partial charge in [0.25, 0.3) is 0 Å². The second kappa shape index (κ2) is 7.32.